The Balaban J connectivity index is 3.32. The fourth-order valence-corrected chi connectivity index (χ4v) is 3.62. The first-order chi connectivity index (χ1) is 9.34. The van der Waals surface area contributed by atoms with Gasteiger partial charge in [-0.1, -0.05) is 0 Å². The Morgan fingerprint density at radius 3 is 2.25 bits per heavy atom. The van der Waals surface area contributed by atoms with Gasteiger partial charge in [-0.15, -0.1) is 23.2 Å². The Bertz CT molecular complexity index is 591. The SMILES string of the molecule is O=[N+]([O-])c1ccc(F)c(S(=O)(=O)N(CCCl)CCCl)c1. The first-order valence-corrected chi connectivity index (χ1v) is 7.91. The number of hydrogen-bond donors (Lipinski definition) is 0. The quantitative estimate of drug-likeness (QED) is 0.431. The minimum atomic E-state index is -4.23. The summed E-state index contributed by atoms with van der Waals surface area (Å²) in [7, 11) is -4.23. The molecule has 0 fully saturated rings. The van der Waals surface area contributed by atoms with Crippen molar-refractivity contribution in [2.45, 2.75) is 4.90 Å². The number of nitro groups is 1. The molecule has 1 rings (SSSR count). The highest BCUT2D eigenvalue weighted by Crippen LogP contribution is 2.24. The lowest BCUT2D eigenvalue weighted by molar-refractivity contribution is -0.385. The number of sulfonamides is 1. The van der Waals surface area contributed by atoms with Gasteiger partial charge < -0.3 is 0 Å². The van der Waals surface area contributed by atoms with Crippen molar-refractivity contribution < 1.29 is 17.7 Å². The molecule has 6 nitrogen and oxygen atoms in total. The van der Waals surface area contributed by atoms with Crippen molar-refractivity contribution in [1.29, 1.82) is 0 Å². The molecule has 0 aliphatic heterocycles. The van der Waals surface area contributed by atoms with E-state index < -0.39 is 31.3 Å². The van der Waals surface area contributed by atoms with E-state index in [0.717, 1.165) is 16.4 Å². The largest absolute Gasteiger partial charge is 0.270 e. The second kappa shape index (κ2) is 7.16. The smallest absolute Gasteiger partial charge is 0.258 e. The molecule has 0 heterocycles. The van der Waals surface area contributed by atoms with Crippen molar-refractivity contribution in [3.8, 4) is 0 Å². The molecule has 0 amide bonds. The van der Waals surface area contributed by atoms with Gasteiger partial charge in [0.25, 0.3) is 5.69 Å². The third kappa shape index (κ3) is 3.78. The fraction of sp³-hybridized carbons (Fsp3) is 0.400. The van der Waals surface area contributed by atoms with Crippen LogP contribution in [0.15, 0.2) is 23.1 Å². The molecule has 0 aliphatic rings. The minimum absolute atomic E-state index is 0.00728. The van der Waals surface area contributed by atoms with Crippen LogP contribution in [0.1, 0.15) is 0 Å². The number of halogens is 3. The van der Waals surface area contributed by atoms with E-state index in [1.807, 2.05) is 0 Å². The Hall–Kier alpha value is -0.960. The van der Waals surface area contributed by atoms with E-state index in [9.17, 15) is 22.9 Å². The van der Waals surface area contributed by atoms with E-state index in [2.05, 4.69) is 0 Å². The van der Waals surface area contributed by atoms with Crippen molar-refractivity contribution in [2.24, 2.45) is 0 Å². The van der Waals surface area contributed by atoms with Gasteiger partial charge in [0.15, 0.2) is 0 Å². The van der Waals surface area contributed by atoms with Gasteiger partial charge in [-0.05, 0) is 6.07 Å². The standard InChI is InChI=1S/C10H11Cl2FN2O4S/c11-3-5-14(6-4-12)20(18,19)10-7-8(15(16)17)1-2-9(10)13/h1-2,7H,3-6H2. The Kier molecular flexibility index (Phi) is 6.12. The highest BCUT2D eigenvalue weighted by molar-refractivity contribution is 7.89. The molecule has 0 unspecified atom stereocenters. The van der Waals surface area contributed by atoms with Gasteiger partial charge in [0, 0.05) is 37.0 Å². The van der Waals surface area contributed by atoms with Crippen molar-refractivity contribution in [2.75, 3.05) is 24.8 Å². The molecule has 0 aromatic heterocycles. The summed E-state index contributed by atoms with van der Waals surface area (Å²) in [5.74, 6) is -1.08. The molecular formula is C10H11Cl2FN2O4S. The molecule has 0 N–H and O–H groups in total. The van der Waals surface area contributed by atoms with Crippen LogP contribution in [0.5, 0.6) is 0 Å². The molecule has 0 atom stereocenters. The Labute approximate surface area is 125 Å². The molecule has 1 aromatic rings. The molecule has 0 saturated carbocycles. The first-order valence-electron chi connectivity index (χ1n) is 5.40. The number of non-ortho nitro benzene ring substituents is 1. The first kappa shape index (κ1) is 17.1. The van der Waals surface area contributed by atoms with Crippen LogP contribution in [0, 0.1) is 15.9 Å². The fourth-order valence-electron chi connectivity index (χ4n) is 1.48. The minimum Gasteiger partial charge on any atom is -0.258 e. The predicted molar refractivity (Wildman–Crippen MR) is 73.3 cm³/mol. The maximum Gasteiger partial charge on any atom is 0.270 e. The molecule has 0 bridgehead atoms. The summed E-state index contributed by atoms with van der Waals surface area (Å²) in [6, 6.07) is 2.31. The van der Waals surface area contributed by atoms with Crippen molar-refractivity contribution in [3.63, 3.8) is 0 Å². The summed E-state index contributed by atoms with van der Waals surface area (Å²) in [6.45, 7) is -0.141. The second-order valence-electron chi connectivity index (χ2n) is 3.65. The van der Waals surface area contributed by atoms with Crippen LogP contribution in [-0.4, -0.2) is 42.5 Å². The lowest BCUT2D eigenvalue weighted by atomic mass is 10.3. The average molecular weight is 345 g/mol. The lowest BCUT2D eigenvalue weighted by Crippen LogP contribution is -2.35. The second-order valence-corrected chi connectivity index (χ2v) is 6.32. The number of nitrogens with zero attached hydrogens (tertiary/aromatic N) is 2. The molecular weight excluding hydrogens is 334 g/mol. The zero-order chi connectivity index (χ0) is 15.3. The molecule has 0 aliphatic carbocycles. The van der Waals surface area contributed by atoms with Crippen LogP contribution >= 0.6 is 23.2 Å². The van der Waals surface area contributed by atoms with Gasteiger partial charge in [-0.3, -0.25) is 10.1 Å². The van der Waals surface area contributed by atoms with Crippen LogP contribution in [-0.2, 0) is 10.0 Å². The van der Waals surface area contributed by atoms with E-state index in [-0.39, 0.29) is 24.8 Å². The van der Waals surface area contributed by atoms with Crippen LogP contribution in [0.3, 0.4) is 0 Å². The van der Waals surface area contributed by atoms with Crippen molar-refractivity contribution in [3.05, 3.63) is 34.1 Å². The number of hydrogen-bond acceptors (Lipinski definition) is 4. The molecule has 0 radical (unpaired) electrons. The Morgan fingerprint density at radius 2 is 1.80 bits per heavy atom. The highest BCUT2D eigenvalue weighted by Gasteiger charge is 2.28. The van der Waals surface area contributed by atoms with Gasteiger partial charge in [0.1, 0.15) is 10.7 Å². The zero-order valence-electron chi connectivity index (χ0n) is 10.1. The molecule has 0 spiro atoms. The third-order valence-electron chi connectivity index (χ3n) is 2.41. The number of rotatable bonds is 7. The van der Waals surface area contributed by atoms with Crippen LogP contribution < -0.4 is 0 Å². The molecule has 10 heteroatoms. The number of benzene rings is 1. The zero-order valence-corrected chi connectivity index (χ0v) is 12.5. The molecule has 112 valence electrons. The van der Waals surface area contributed by atoms with Crippen molar-refractivity contribution >= 4 is 38.9 Å². The summed E-state index contributed by atoms with van der Waals surface area (Å²) in [4.78, 5) is 9.08. The van der Waals surface area contributed by atoms with Gasteiger partial charge >= 0.3 is 0 Å². The molecule has 0 saturated heterocycles. The Morgan fingerprint density at radius 1 is 1.25 bits per heavy atom. The van der Waals surface area contributed by atoms with E-state index >= 15 is 0 Å². The average Bonchev–Trinajstić information content (AvgIpc) is 2.38. The van der Waals surface area contributed by atoms with E-state index in [1.165, 1.54) is 0 Å². The van der Waals surface area contributed by atoms with Crippen LogP contribution in [0.25, 0.3) is 0 Å². The highest BCUT2D eigenvalue weighted by atomic mass is 35.5. The van der Waals surface area contributed by atoms with Gasteiger partial charge in [-0.2, -0.15) is 4.31 Å². The van der Waals surface area contributed by atoms with E-state index in [0.29, 0.717) is 6.07 Å². The maximum atomic E-state index is 13.7. The topological polar surface area (TPSA) is 80.5 Å². The lowest BCUT2D eigenvalue weighted by Gasteiger charge is -2.20. The van der Waals surface area contributed by atoms with Crippen LogP contribution in [0.4, 0.5) is 10.1 Å². The summed E-state index contributed by atoms with van der Waals surface area (Å²) in [5, 5.41) is 10.6. The summed E-state index contributed by atoms with van der Waals surface area (Å²) in [6.07, 6.45) is 0. The van der Waals surface area contributed by atoms with Gasteiger partial charge in [-0.25, -0.2) is 12.8 Å². The molecule has 1 aromatic carbocycles. The van der Waals surface area contributed by atoms with E-state index in [4.69, 9.17) is 23.2 Å². The number of alkyl halides is 2. The third-order valence-corrected chi connectivity index (χ3v) is 4.66. The van der Waals surface area contributed by atoms with Crippen LogP contribution in [0.2, 0.25) is 0 Å². The summed E-state index contributed by atoms with van der Waals surface area (Å²) >= 11 is 11.0. The molecule has 20 heavy (non-hydrogen) atoms. The van der Waals surface area contributed by atoms with Crippen molar-refractivity contribution in [1.82, 2.24) is 4.31 Å². The monoisotopic (exact) mass is 344 g/mol. The summed E-state index contributed by atoms with van der Waals surface area (Å²) in [5.41, 5.74) is -0.512. The van der Waals surface area contributed by atoms with Gasteiger partial charge in [0.05, 0.1) is 4.92 Å². The van der Waals surface area contributed by atoms with E-state index in [1.54, 1.807) is 0 Å². The summed E-state index contributed by atoms with van der Waals surface area (Å²) < 4.78 is 39.1. The predicted octanol–water partition coefficient (Wildman–Crippen LogP) is 2.20. The maximum absolute atomic E-state index is 13.7. The van der Waals surface area contributed by atoms with Gasteiger partial charge in [0.2, 0.25) is 10.0 Å². The number of nitro benzene ring substituents is 1. The normalized spacial score (nSPS) is 11.8.